The van der Waals surface area contributed by atoms with Crippen LogP contribution in [0, 0.1) is 21.4 Å². The number of benzene rings is 2. The molecule has 3 rings (SSSR count). The molecule has 0 fully saturated rings. The first kappa shape index (κ1) is 21.3. The topological polar surface area (TPSA) is 146 Å². The highest BCUT2D eigenvalue weighted by Crippen LogP contribution is 2.31. The highest BCUT2D eigenvalue weighted by molar-refractivity contribution is 6.32. The summed E-state index contributed by atoms with van der Waals surface area (Å²) in [5, 5.41) is 31.8. The van der Waals surface area contributed by atoms with Gasteiger partial charge in [-0.05, 0) is 42.5 Å². The molecule has 0 saturated carbocycles. The number of hydrogen-bond acceptors (Lipinski definition) is 6. The SMILES string of the molecule is N#CC(=Cc1ccc(-c2ccc(Cl)c([N+](=O)[O-])c2)o1)C(=O)Nc1cccc(C(=O)O)c1. The molecule has 31 heavy (non-hydrogen) atoms. The number of carbonyl (C=O) groups excluding carboxylic acids is 1. The Bertz CT molecular complexity index is 1270. The van der Waals surface area contributed by atoms with Crippen LogP contribution >= 0.6 is 11.6 Å². The van der Waals surface area contributed by atoms with Gasteiger partial charge in [0.2, 0.25) is 0 Å². The van der Waals surface area contributed by atoms with Gasteiger partial charge < -0.3 is 14.8 Å². The highest BCUT2D eigenvalue weighted by Gasteiger charge is 2.16. The first-order chi connectivity index (χ1) is 14.8. The normalized spacial score (nSPS) is 10.9. The molecule has 0 unspecified atom stereocenters. The van der Waals surface area contributed by atoms with E-state index in [0.29, 0.717) is 5.56 Å². The maximum atomic E-state index is 12.4. The van der Waals surface area contributed by atoms with Crippen molar-refractivity contribution in [2.24, 2.45) is 0 Å². The molecule has 0 spiro atoms. The molecule has 10 heteroatoms. The Morgan fingerprint density at radius 1 is 1.19 bits per heavy atom. The fourth-order valence-electron chi connectivity index (χ4n) is 2.61. The van der Waals surface area contributed by atoms with Crippen molar-refractivity contribution in [3.63, 3.8) is 0 Å². The van der Waals surface area contributed by atoms with Gasteiger partial charge in [-0.25, -0.2) is 4.79 Å². The lowest BCUT2D eigenvalue weighted by Crippen LogP contribution is -2.13. The minimum absolute atomic E-state index is 0.0177. The molecule has 0 radical (unpaired) electrons. The molecule has 1 amide bonds. The van der Waals surface area contributed by atoms with E-state index in [1.54, 1.807) is 6.07 Å². The minimum atomic E-state index is -1.15. The van der Waals surface area contributed by atoms with E-state index in [-0.39, 0.29) is 39.1 Å². The molecule has 2 N–H and O–H groups in total. The number of furan rings is 1. The number of amides is 1. The molecule has 0 aliphatic rings. The second-order valence-corrected chi connectivity index (χ2v) is 6.54. The van der Waals surface area contributed by atoms with Crippen molar-refractivity contribution in [2.75, 3.05) is 5.32 Å². The largest absolute Gasteiger partial charge is 0.478 e. The van der Waals surface area contributed by atoms with Crippen molar-refractivity contribution in [2.45, 2.75) is 0 Å². The van der Waals surface area contributed by atoms with Crippen LogP contribution < -0.4 is 5.32 Å². The Balaban J connectivity index is 1.83. The lowest BCUT2D eigenvalue weighted by molar-refractivity contribution is -0.384. The zero-order chi connectivity index (χ0) is 22.5. The molecule has 0 bridgehead atoms. The molecule has 154 valence electrons. The number of carboxylic acid groups (broad SMARTS) is 1. The van der Waals surface area contributed by atoms with Crippen molar-refractivity contribution in [3.8, 4) is 17.4 Å². The number of carboxylic acids is 1. The van der Waals surface area contributed by atoms with E-state index < -0.39 is 16.8 Å². The third-order valence-electron chi connectivity index (χ3n) is 4.07. The number of hydrogen-bond donors (Lipinski definition) is 2. The first-order valence-corrected chi connectivity index (χ1v) is 8.97. The number of nitrogens with zero attached hydrogens (tertiary/aromatic N) is 2. The van der Waals surface area contributed by atoms with Crippen LogP contribution in [0.3, 0.4) is 0 Å². The number of nitrogens with one attached hydrogen (secondary N) is 1. The smallest absolute Gasteiger partial charge is 0.335 e. The summed E-state index contributed by atoms with van der Waals surface area (Å²) in [6.07, 6.45) is 1.20. The van der Waals surface area contributed by atoms with Gasteiger partial charge in [-0.1, -0.05) is 17.7 Å². The minimum Gasteiger partial charge on any atom is -0.478 e. The van der Waals surface area contributed by atoms with Gasteiger partial charge in [0, 0.05) is 23.4 Å². The summed E-state index contributed by atoms with van der Waals surface area (Å²) in [6.45, 7) is 0. The van der Waals surface area contributed by atoms with E-state index in [1.165, 1.54) is 60.7 Å². The first-order valence-electron chi connectivity index (χ1n) is 8.59. The molecule has 3 aromatic rings. The maximum absolute atomic E-state index is 12.4. The molecule has 0 saturated heterocycles. The summed E-state index contributed by atoms with van der Waals surface area (Å²) < 4.78 is 5.58. The molecule has 1 aromatic heterocycles. The van der Waals surface area contributed by atoms with E-state index in [4.69, 9.17) is 21.1 Å². The molecular formula is C21H12ClN3O6. The Kier molecular flexibility index (Phi) is 6.14. The fraction of sp³-hybridized carbons (Fsp3) is 0. The molecule has 0 atom stereocenters. The van der Waals surface area contributed by atoms with Gasteiger partial charge in [0.05, 0.1) is 10.5 Å². The average Bonchev–Trinajstić information content (AvgIpc) is 3.20. The molecule has 0 aliphatic heterocycles. The number of nitro groups is 1. The van der Waals surface area contributed by atoms with Gasteiger partial charge in [0.1, 0.15) is 28.2 Å². The predicted molar refractivity (Wildman–Crippen MR) is 111 cm³/mol. The van der Waals surface area contributed by atoms with Gasteiger partial charge in [0.25, 0.3) is 11.6 Å². The summed E-state index contributed by atoms with van der Waals surface area (Å²) in [4.78, 5) is 33.8. The van der Waals surface area contributed by atoms with E-state index in [1.807, 2.05) is 0 Å². The third-order valence-corrected chi connectivity index (χ3v) is 4.39. The number of carbonyl (C=O) groups is 2. The van der Waals surface area contributed by atoms with E-state index in [0.717, 1.165) is 0 Å². The second kappa shape index (κ2) is 8.94. The summed E-state index contributed by atoms with van der Waals surface area (Å²) >= 11 is 5.81. The lowest BCUT2D eigenvalue weighted by atomic mass is 10.1. The van der Waals surface area contributed by atoms with Crippen molar-refractivity contribution < 1.29 is 24.0 Å². The standard InChI is InChI=1S/C21H12ClN3O6/c22-17-6-4-12(10-18(17)25(29)30)19-7-5-16(31-19)9-14(11-23)20(26)24-15-3-1-2-13(8-15)21(27)28/h1-10H,(H,24,26)(H,27,28). The van der Waals surface area contributed by atoms with Crippen LogP contribution in [0.25, 0.3) is 17.4 Å². The highest BCUT2D eigenvalue weighted by atomic mass is 35.5. The quantitative estimate of drug-likeness (QED) is 0.244. The number of anilines is 1. The fourth-order valence-corrected chi connectivity index (χ4v) is 2.80. The summed E-state index contributed by atoms with van der Waals surface area (Å²) in [5.74, 6) is -1.47. The van der Waals surface area contributed by atoms with Gasteiger partial charge in [-0.15, -0.1) is 0 Å². The van der Waals surface area contributed by atoms with Crippen molar-refractivity contribution in [1.82, 2.24) is 0 Å². The van der Waals surface area contributed by atoms with Crippen LogP contribution in [0.15, 0.2) is 64.6 Å². The molecule has 2 aromatic carbocycles. The van der Waals surface area contributed by atoms with E-state index in [2.05, 4.69) is 5.32 Å². The van der Waals surface area contributed by atoms with Gasteiger partial charge >= 0.3 is 5.97 Å². The van der Waals surface area contributed by atoms with Crippen LogP contribution in [0.1, 0.15) is 16.1 Å². The summed E-state index contributed by atoms with van der Waals surface area (Å²) in [7, 11) is 0. The van der Waals surface area contributed by atoms with Gasteiger partial charge in [-0.3, -0.25) is 14.9 Å². The molecule has 1 heterocycles. The van der Waals surface area contributed by atoms with Crippen molar-refractivity contribution in [1.29, 1.82) is 5.26 Å². The average molecular weight is 438 g/mol. The summed E-state index contributed by atoms with van der Waals surface area (Å²) in [6, 6.07) is 14.5. The maximum Gasteiger partial charge on any atom is 0.335 e. The van der Waals surface area contributed by atoms with Gasteiger partial charge in [0.15, 0.2) is 0 Å². The molecule has 9 nitrogen and oxygen atoms in total. The number of rotatable bonds is 6. The predicted octanol–water partition coefficient (Wildman–Crippen LogP) is 4.75. The Labute approximate surface area is 179 Å². The zero-order valence-corrected chi connectivity index (χ0v) is 16.3. The van der Waals surface area contributed by atoms with Crippen LogP contribution in [-0.4, -0.2) is 21.9 Å². The monoisotopic (exact) mass is 437 g/mol. The van der Waals surface area contributed by atoms with Crippen molar-refractivity contribution >= 4 is 40.9 Å². The Morgan fingerprint density at radius 2 is 1.97 bits per heavy atom. The van der Waals surface area contributed by atoms with E-state index >= 15 is 0 Å². The zero-order valence-electron chi connectivity index (χ0n) is 15.5. The molecule has 0 aliphatic carbocycles. The lowest BCUT2D eigenvalue weighted by Gasteiger charge is -2.05. The number of nitriles is 1. The second-order valence-electron chi connectivity index (χ2n) is 6.14. The van der Waals surface area contributed by atoms with Crippen LogP contribution in [-0.2, 0) is 4.79 Å². The Morgan fingerprint density at radius 3 is 2.65 bits per heavy atom. The summed E-state index contributed by atoms with van der Waals surface area (Å²) in [5.41, 5.74) is 0.00827. The van der Waals surface area contributed by atoms with E-state index in [9.17, 15) is 25.0 Å². The van der Waals surface area contributed by atoms with Crippen LogP contribution in [0.4, 0.5) is 11.4 Å². The van der Waals surface area contributed by atoms with Crippen LogP contribution in [0.2, 0.25) is 5.02 Å². The number of nitro benzene ring substituents is 1. The number of aromatic carboxylic acids is 1. The van der Waals surface area contributed by atoms with Crippen molar-refractivity contribution in [3.05, 3.63) is 86.6 Å². The third kappa shape index (κ3) is 4.95. The van der Waals surface area contributed by atoms with Gasteiger partial charge in [-0.2, -0.15) is 5.26 Å². The number of halogens is 1. The molecular weight excluding hydrogens is 426 g/mol. The van der Waals surface area contributed by atoms with Crippen LogP contribution in [0.5, 0.6) is 0 Å². The Hall–Kier alpha value is -4.42.